The van der Waals surface area contributed by atoms with Crippen molar-refractivity contribution < 1.29 is 14.3 Å². The zero-order chi connectivity index (χ0) is 19.5. The van der Waals surface area contributed by atoms with Crippen molar-refractivity contribution in [2.24, 2.45) is 0 Å². The van der Waals surface area contributed by atoms with Gasteiger partial charge in [-0.25, -0.2) is 0 Å². The summed E-state index contributed by atoms with van der Waals surface area (Å²) in [6, 6.07) is 20.9. The van der Waals surface area contributed by atoms with Gasteiger partial charge in [0, 0.05) is 39.6 Å². The summed E-state index contributed by atoms with van der Waals surface area (Å²) >= 11 is 0. The first-order valence-corrected chi connectivity index (χ1v) is 9.18. The number of nitrogens with zero attached hydrogens (tertiary/aromatic N) is 1. The van der Waals surface area contributed by atoms with Gasteiger partial charge >= 0.3 is 0 Å². The van der Waals surface area contributed by atoms with Crippen LogP contribution in [0.5, 0.6) is 5.75 Å². The lowest BCUT2D eigenvalue weighted by Gasteiger charge is -2.08. The summed E-state index contributed by atoms with van der Waals surface area (Å²) in [7, 11) is 0. The van der Waals surface area contributed by atoms with E-state index in [4.69, 9.17) is 4.74 Å². The largest absolute Gasteiger partial charge is 0.484 e. The van der Waals surface area contributed by atoms with E-state index in [0.29, 0.717) is 11.3 Å². The third kappa shape index (κ3) is 3.34. The summed E-state index contributed by atoms with van der Waals surface area (Å²) < 4.78 is 7.75. The van der Waals surface area contributed by atoms with Crippen molar-refractivity contribution in [2.45, 2.75) is 13.5 Å². The van der Waals surface area contributed by atoms with Crippen LogP contribution < -0.4 is 10.1 Å². The molecule has 0 atom stereocenters. The van der Waals surface area contributed by atoms with Crippen molar-refractivity contribution in [1.29, 1.82) is 0 Å². The molecule has 0 spiro atoms. The summed E-state index contributed by atoms with van der Waals surface area (Å²) in [5.74, 6) is 0.306. The van der Waals surface area contributed by atoms with Gasteiger partial charge < -0.3 is 14.6 Å². The summed E-state index contributed by atoms with van der Waals surface area (Å²) in [4.78, 5) is 22.9. The highest BCUT2D eigenvalue weighted by Gasteiger charge is 2.11. The molecule has 0 fully saturated rings. The van der Waals surface area contributed by atoms with Gasteiger partial charge in [-0.3, -0.25) is 9.59 Å². The van der Waals surface area contributed by atoms with Crippen molar-refractivity contribution in [2.75, 3.05) is 11.9 Å². The molecule has 0 aliphatic rings. The maximum Gasteiger partial charge on any atom is 0.262 e. The summed E-state index contributed by atoms with van der Waals surface area (Å²) in [5, 5.41) is 5.17. The lowest BCUT2D eigenvalue weighted by molar-refractivity contribution is -0.118. The Labute approximate surface area is 162 Å². The van der Waals surface area contributed by atoms with E-state index in [1.54, 1.807) is 24.3 Å². The SMILES string of the molecule is CCn1c2ccccc2c2cc(NC(=O)COc3ccc(C=O)cc3)ccc21. The number of benzene rings is 3. The van der Waals surface area contributed by atoms with Crippen LogP contribution in [0.1, 0.15) is 17.3 Å². The monoisotopic (exact) mass is 372 g/mol. The van der Waals surface area contributed by atoms with Crippen molar-refractivity contribution >= 4 is 39.7 Å². The molecule has 5 nitrogen and oxygen atoms in total. The molecule has 0 aliphatic carbocycles. The van der Waals surface area contributed by atoms with E-state index in [2.05, 4.69) is 28.9 Å². The minimum atomic E-state index is -0.238. The predicted octanol–water partition coefficient (Wildman–Crippen LogP) is 4.64. The summed E-state index contributed by atoms with van der Waals surface area (Å²) in [6.45, 7) is 2.90. The normalized spacial score (nSPS) is 10.9. The molecule has 5 heteroatoms. The number of rotatable bonds is 6. The molecule has 140 valence electrons. The van der Waals surface area contributed by atoms with E-state index < -0.39 is 0 Å². The molecule has 4 rings (SSSR count). The van der Waals surface area contributed by atoms with Crippen LogP contribution in [-0.4, -0.2) is 23.4 Å². The molecule has 0 radical (unpaired) electrons. The number of aromatic nitrogens is 1. The highest BCUT2D eigenvalue weighted by atomic mass is 16.5. The van der Waals surface area contributed by atoms with Crippen molar-refractivity contribution in [3.63, 3.8) is 0 Å². The number of carbonyl (C=O) groups is 2. The van der Waals surface area contributed by atoms with Crippen LogP contribution in [0.3, 0.4) is 0 Å². The highest BCUT2D eigenvalue weighted by molar-refractivity contribution is 6.09. The lowest BCUT2D eigenvalue weighted by atomic mass is 10.1. The number of para-hydroxylation sites is 1. The number of carbonyl (C=O) groups excluding carboxylic acids is 2. The van der Waals surface area contributed by atoms with Crippen molar-refractivity contribution in [3.05, 3.63) is 72.3 Å². The molecule has 3 aromatic carbocycles. The predicted molar refractivity (Wildman–Crippen MR) is 111 cm³/mol. The molecule has 0 bridgehead atoms. The molecule has 1 N–H and O–H groups in total. The van der Waals surface area contributed by atoms with Gasteiger partial charge in [-0.05, 0) is 55.5 Å². The molecule has 4 aromatic rings. The van der Waals surface area contributed by atoms with Crippen molar-refractivity contribution in [3.8, 4) is 5.75 Å². The minimum absolute atomic E-state index is 0.102. The Morgan fingerprint density at radius 2 is 1.75 bits per heavy atom. The molecular weight excluding hydrogens is 352 g/mol. The number of hydrogen-bond acceptors (Lipinski definition) is 3. The van der Waals surface area contributed by atoms with Crippen LogP contribution in [-0.2, 0) is 11.3 Å². The highest BCUT2D eigenvalue weighted by Crippen LogP contribution is 2.30. The quantitative estimate of drug-likeness (QED) is 0.502. The van der Waals surface area contributed by atoms with Gasteiger partial charge in [0.1, 0.15) is 12.0 Å². The molecule has 0 saturated carbocycles. The van der Waals surface area contributed by atoms with Gasteiger partial charge in [-0.15, -0.1) is 0 Å². The molecule has 28 heavy (non-hydrogen) atoms. The first-order chi connectivity index (χ1) is 13.7. The zero-order valence-corrected chi connectivity index (χ0v) is 15.5. The number of nitrogens with one attached hydrogen (secondary N) is 1. The van der Waals surface area contributed by atoms with Crippen LogP contribution in [0.2, 0.25) is 0 Å². The fraction of sp³-hybridized carbons (Fsp3) is 0.130. The van der Waals surface area contributed by atoms with E-state index in [1.807, 2.05) is 30.3 Å². The fourth-order valence-corrected chi connectivity index (χ4v) is 3.46. The van der Waals surface area contributed by atoms with Crippen LogP contribution >= 0.6 is 0 Å². The number of aldehydes is 1. The van der Waals surface area contributed by atoms with E-state index in [-0.39, 0.29) is 12.5 Å². The van der Waals surface area contributed by atoms with Gasteiger partial charge in [-0.1, -0.05) is 18.2 Å². The van der Waals surface area contributed by atoms with Gasteiger partial charge in [-0.2, -0.15) is 0 Å². The number of ether oxygens (including phenoxy) is 1. The Balaban J connectivity index is 1.51. The Morgan fingerprint density at radius 1 is 1.00 bits per heavy atom. The Bertz CT molecular complexity index is 1160. The van der Waals surface area contributed by atoms with Crippen LogP contribution in [0.25, 0.3) is 21.8 Å². The second-order valence-electron chi connectivity index (χ2n) is 6.52. The first kappa shape index (κ1) is 17.8. The molecule has 1 aromatic heterocycles. The standard InChI is InChI=1S/C23H20N2O3/c1-2-25-21-6-4-3-5-19(21)20-13-17(9-12-22(20)25)24-23(27)15-28-18-10-7-16(14-26)8-11-18/h3-14H,2,15H2,1H3,(H,24,27). The van der Waals surface area contributed by atoms with Crippen LogP contribution in [0, 0.1) is 0 Å². The molecule has 0 aliphatic heterocycles. The third-order valence-corrected chi connectivity index (χ3v) is 4.76. The average Bonchev–Trinajstić information content (AvgIpc) is 3.05. The molecule has 0 saturated heterocycles. The number of amides is 1. The van der Waals surface area contributed by atoms with E-state index in [0.717, 1.165) is 29.4 Å². The average molecular weight is 372 g/mol. The van der Waals surface area contributed by atoms with Gasteiger partial charge in [0.2, 0.25) is 0 Å². The smallest absolute Gasteiger partial charge is 0.262 e. The summed E-state index contributed by atoms with van der Waals surface area (Å²) in [6.07, 6.45) is 0.766. The maximum absolute atomic E-state index is 12.3. The fourth-order valence-electron chi connectivity index (χ4n) is 3.46. The minimum Gasteiger partial charge on any atom is -0.484 e. The second-order valence-corrected chi connectivity index (χ2v) is 6.52. The first-order valence-electron chi connectivity index (χ1n) is 9.18. The Hall–Kier alpha value is -3.60. The summed E-state index contributed by atoms with van der Waals surface area (Å²) in [5.41, 5.74) is 3.63. The van der Waals surface area contributed by atoms with Gasteiger partial charge in [0.05, 0.1) is 0 Å². The number of anilines is 1. The van der Waals surface area contributed by atoms with Gasteiger partial charge in [0.25, 0.3) is 5.91 Å². The van der Waals surface area contributed by atoms with E-state index in [1.165, 1.54) is 10.9 Å². The van der Waals surface area contributed by atoms with E-state index >= 15 is 0 Å². The van der Waals surface area contributed by atoms with Crippen molar-refractivity contribution in [1.82, 2.24) is 4.57 Å². The molecule has 1 amide bonds. The van der Waals surface area contributed by atoms with Gasteiger partial charge in [0.15, 0.2) is 6.61 Å². The third-order valence-electron chi connectivity index (χ3n) is 4.76. The number of hydrogen-bond donors (Lipinski definition) is 1. The van der Waals surface area contributed by atoms with Crippen LogP contribution in [0.15, 0.2) is 66.7 Å². The second kappa shape index (κ2) is 7.56. The number of aryl methyl sites for hydroxylation is 1. The number of fused-ring (bicyclic) bond motifs is 3. The molecular formula is C23H20N2O3. The lowest BCUT2D eigenvalue weighted by Crippen LogP contribution is -2.20. The van der Waals surface area contributed by atoms with E-state index in [9.17, 15) is 9.59 Å². The van der Waals surface area contributed by atoms with Crippen LogP contribution in [0.4, 0.5) is 5.69 Å². The molecule has 1 heterocycles. The maximum atomic E-state index is 12.3. The Morgan fingerprint density at radius 3 is 2.50 bits per heavy atom. The Kier molecular flexibility index (Phi) is 4.81. The molecule has 0 unspecified atom stereocenters. The zero-order valence-electron chi connectivity index (χ0n) is 15.5. The topological polar surface area (TPSA) is 60.3 Å².